The highest BCUT2D eigenvalue weighted by molar-refractivity contribution is 4.95. The van der Waals surface area contributed by atoms with Crippen LogP contribution in [0.25, 0.3) is 0 Å². The molecule has 0 amide bonds. The van der Waals surface area contributed by atoms with E-state index in [0.717, 1.165) is 6.42 Å². The molecular formula is C17H30. The van der Waals surface area contributed by atoms with Crippen molar-refractivity contribution in [2.24, 2.45) is 0 Å². The second-order valence-corrected chi connectivity index (χ2v) is 4.92. The van der Waals surface area contributed by atoms with Gasteiger partial charge < -0.3 is 0 Å². The van der Waals surface area contributed by atoms with Crippen LogP contribution >= 0.6 is 0 Å². The Morgan fingerprint density at radius 2 is 1.18 bits per heavy atom. The normalized spacial score (nSPS) is 11.1. The fourth-order valence-corrected chi connectivity index (χ4v) is 2.09. The Labute approximate surface area is 109 Å². The number of unbranched alkanes of at least 4 members (excludes halogenated alkanes) is 11. The third-order valence-electron chi connectivity index (χ3n) is 3.21. The second kappa shape index (κ2) is 15.5. The monoisotopic (exact) mass is 234 g/mol. The predicted molar refractivity (Wildman–Crippen MR) is 78.0 cm³/mol. The van der Waals surface area contributed by atoms with Gasteiger partial charge in [-0.25, -0.2) is 0 Å². The van der Waals surface area contributed by atoms with Gasteiger partial charge in [0, 0.05) is 0 Å². The molecule has 0 aromatic rings. The van der Waals surface area contributed by atoms with Gasteiger partial charge >= 0.3 is 0 Å². The highest BCUT2D eigenvalue weighted by Crippen LogP contribution is 2.11. The summed E-state index contributed by atoms with van der Waals surface area (Å²) in [5.41, 5.74) is 0. The van der Waals surface area contributed by atoms with Crippen LogP contribution < -0.4 is 0 Å². The molecular weight excluding hydrogens is 204 g/mol. The van der Waals surface area contributed by atoms with E-state index in [2.05, 4.69) is 13.0 Å². The first-order valence-electron chi connectivity index (χ1n) is 7.57. The van der Waals surface area contributed by atoms with Gasteiger partial charge in [-0.2, -0.15) is 0 Å². The summed E-state index contributed by atoms with van der Waals surface area (Å²) in [7, 11) is 0. The van der Waals surface area contributed by atoms with E-state index >= 15 is 0 Å². The standard InChI is InChI=1S/C17H30/c1-3-5-7-9-11-13-15-17-16-14-12-10-8-6-4-2/h4,6,8H,3,5,7,9-17H2,1H3. The van der Waals surface area contributed by atoms with E-state index in [4.69, 9.17) is 6.58 Å². The van der Waals surface area contributed by atoms with Crippen LogP contribution in [0.2, 0.25) is 0 Å². The molecule has 0 N–H and O–H groups in total. The Balaban J connectivity index is 2.93. The molecule has 0 nitrogen and oxygen atoms in total. The fraction of sp³-hybridized carbons (Fsp3) is 0.765. The molecule has 17 heavy (non-hydrogen) atoms. The first kappa shape index (κ1) is 16.5. The summed E-state index contributed by atoms with van der Waals surface area (Å²) >= 11 is 0. The molecule has 0 bridgehead atoms. The van der Waals surface area contributed by atoms with E-state index in [0.29, 0.717) is 0 Å². The van der Waals surface area contributed by atoms with E-state index in [1.165, 1.54) is 76.7 Å². The molecule has 0 aliphatic rings. The van der Waals surface area contributed by atoms with Crippen molar-refractivity contribution in [2.45, 2.75) is 84.0 Å². The minimum atomic E-state index is 1.15. The van der Waals surface area contributed by atoms with E-state index in [-0.39, 0.29) is 0 Å². The Morgan fingerprint density at radius 3 is 1.65 bits per heavy atom. The van der Waals surface area contributed by atoms with E-state index in [1.807, 2.05) is 6.08 Å². The molecule has 0 unspecified atom stereocenters. The van der Waals surface area contributed by atoms with Crippen molar-refractivity contribution in [3.05, 3.63) is 24.8 Å². The van der Waals surface area contributed by atoms with E-state index in [1.54, 1.807) is 0 Å². The molecule has 0 aromatic heterocycles. The third-order valence-corrected chi connectivity index (χ3v) is 3.21. The topological polar surface area (TPSA) is 0 Å². The van der Waals surface area contributed by atoms with Crippen molar-refractivity contribution < 1.29 is 0 Å². The summed E-state index contributed by atoms with van der Waals surface area (Å²) in [6, 6.07) is 0. The lowest BCUT2D eigenvalue weighted by Crippen LogP contribution is -1.81. The molecule has 0 aliphatic heterocycles. The van der Waals surface area contributed by atoms with Crippen molar-refractivity contribution in [1.82, 2.24) is 0 Å². The van der Waals surface area contributed by atoms with Crippen LogP contribution in [0.4, 0.5) is 0 Å². The zero-order chi connectivity index (χ0) is 12.6. The van der Waals surface area contributed by atoms with Crippen molar-refractivity contribution >= 4 is 0 Å². The van der Waals surface area contributed by atoms with Gasteiger partial charge in [-0.05, 0) is 19.4 Å². The summed E-state index contributed by atoms with van der Waals surface area (Å²) in [6.07, 6.45) is 21.9. The zero-order valence-corrected chi connectivity index (χ0v) is 11.7. The van der Waals surface area contributed by atoms with Crippen LogP contribution in [0.3, 0.4) is 0 Å². The van der Waals surface area contributed by atoms with E-state index in [9.17, 15) is 0 Å². The summed E-state index contributed by atoms with van der Waals surface area (Å²) in [4.78, 5) is 0. The number of hydrogen-bond acceptors (Lipinski definition) is 0. The Hall–Kier alpha value is -0.520. The minimum absolute atomic E-state index is 1.15. The zero-order valence-electron chi connectivity index (χ0n) is 11.7. The van der Waals surface area contributed by atoms with Gasteiger partial charge in [0.2, 0.25) is 0 Å². The van der Waals surface area contributed by atoms with Gasteiger partial charge in [0.15, 0.2) is 0 Å². The van der Waals surface area contributed by atoms with Crippen molar-refractivity contribution in [1.29, 1.82) is 0 Å². The van der Waals surface area contributed by atoms with Crippen LogP contribution in [-0.2, 0) is 0 Å². The number of allylic oxidation sites excluding steroid dienone is 3. The van der Waals surface area contributed by atoms with Gasteiger partial charge in [-0.15, -0.1) is 0 Å². The van der Waals surface area contributed by atoms with Crippen molar-refractivity contribution in [3.63, 3.8) is 0 Å². The molecule has 0 heteroatoms. The van der Waals surface area contributed by atoms with Gasteiger partial charge in [-0.3, -0.25) is 0 Å². The van der Waals surface area contributed by atoms with Crippen molar-refractivity contribution in [3.8, 4) is 0 Å². The van der Waals surface area contributed by atoms with Crippen LogP contribution in [0, 0.1) is 6.58 Å². The summed E-state index contributed by atoms with van der Waals surface area (Å²) < 4.78 is 0. The molecule has 0 saturated heterocycles. The lowest BCUT2D eigenvalue weighted by atomic mass is 10.1. The lowest BCUT2D eigenvalue weighted by molar-refractivity contribution is 0.550. The molecule has 0 aliphatic carbocycles. The average Bonchev–Trinajstić information content (AvgIpc) is 2.35. The van der Waals surface area contributed by atoms with Crippen LogP contribution in [0.15, 0.2) is 18.2 Å². The highest BCUT2D eigenvalue weighted by atomic mass is 14.0. The number of hydrogen-bond donors (Lipinski definition) is 0. The first-order chi connectivity index (χ1) is 8.41. The van der Waals surface area contributed by atoms with Crippen LogP contribution in [0.1, 0.15) is 84.0 Å². The molecule has 0 heterocycles. The van der Waals surface area contributed by atoms with Gasteiger partial charge in [0.1, 0.15) is 0 Å². The largest absolute Gasteiger partial charge is 0.0845 e. The SMILES string of the molecule is [C]=CC=CCCCCCCCCCCCCC. The highest BCUT2D eigenvalue weighted by Gasteiger charge is 1.92. The Bertz CT molecular complexity index is 167. The van der Waals surface area contributed by atoms with Crippen LogP contribution in [-0.4, -0.2) is 0 Å². The minimum Gasteiger partial charge on any atom is -0.0845 e. The third kappa shape index (κ3) is 15.5. The molecule has 0 aromatic carbocycles. The lowest BCUT2D eigenvalue weighted by Gasteiger charge is -2.01. The molecule has 98 valence electrons. The Kier molecular flexibility index (Phi) is 15.0. The number of rotatable bonds is 13. The molecule has 0 fully saturated rings. The molecule has 0 spiro atoms. The molecule has 2 radical (unpaired) electrons. The first-order valence-corrected chi connectivity index (χ1v) is 7.57. The average molecular weight is 234 g/mol. The second-order valence-electron chi connectivity index (χ2n) is 4.92. The predicted octanol–water partition coefficient (Wildman–Crippen LogP) is 6.11. The van der Waals surface area contributed by atoms with Gasteiger partial charge in [-0.1, -0.05) is 89.4 Å². The maximum Gasteiger partial charge on any atom is -0.00991 e. The van der Waals surface area contributed by atoms with Gasteiger partial charge in [0.05, 0.1) is 0 Å². The fourth-order valence-electron chi connectivity index (χ4n) is 2.09. The van der Waals surface area contributed by atoms with E-state index < -0.39 is 0 Å². The smallest absolute Gasteiger partial charge is 0.00991 e. The molecule has 0 rings (SSSR count). The Morgan fingerprint density at radius 1 is 0.706 bits per heavy atom. The maximum atomic E-state index is 6.84. The van der Waals surface area contributed by atoms with Crippen molar-refractivity contribution in [2.75, 3.05) is 0 Å². The summed E-state index contributed by atoms with van der Waals surface area (Å²) in [6.45, 7) is 9.12. The van der Waals surface area contributed by atoms with Crippen LogP contribution in [0.5, 0.6) is 0 Å². The summed E-state index contributed by atoms with van der Waals surface area (Å²) in [5.74, 6) is 0. The molecule has 0 saturated carbocycles. The van der Waals surface area contributed by atoms with Gasteiger partial charge in [0.25, 0.3) is 0 Å². The molecule has 0 atom stereocenters. The maximum absolute atomic E-state index is 6.84. The quantitative estimate of drug-likeness (QED) is 0.266. The summed E-state index contributed by atoms with van der Waals surface area (Å²) in [5, 5.41) is 0.